The van der Waals surface area contributed by atoms with Crippen LogP contribution in [0.3, 0.4) is 0 Å². The van der Waals surface area contributed by atoms with E-state index in [-0.39, 0.29) is 17.6 Å². The highest BCUT2D eigenvalue weighted by atomic mass is 19.3. The number of alkyl halides is 4. The minimum absolute atomic E-state index is 0.186. The molecule has 2 aliphatic heterocycles. The van der Waals surface area contributed by atoms with Gasteiger partial charge in [0, 0.05) is 71.7 Å². The van der Waals surface area contributed by atoms with E-state index in [1.165, 1.54) is 6.92 Å². The number of hydrogen-bond acceptors (Lipinski definition) is 6. The van der Waals surface area contributed by atoms with Gasteiger partial charge in [-0.2, -0.15) is 17.6 Å². The number of carbonyl (C=O) groups is 1. The smallest absolute Gasteiger partial charge is 0.302 e. The van der Waals surface area contributed by atoms with E-state index >= 15 is 0 Å². The Morgan fingerprint density at radius 3 is 1.71 bits per heavy atom. The molecule has 6 rings (SSSR count). The van der Waals surface area contributed by atoms with Crippen LogP contribution >= 0.6 is 0 Å². The molecule has 2 saturated heterocycles. The van der Waals surface area contributed by atoms with E-state index in [1.807, 2.05) is 0 Å². The van der Waals surface area contributed by atoms with Gasteiger partial charge in [-0.3, -0.25) is 4.79 Å². The zero-order valence-electron chi connectivity index (χ0n) is 25.8. The predicted molar refractivity (Wildman–Crippen MR) is 164 cm³/mol. The highest BCUT2D eigenvalue weighted by Crippen LogP contribution is 2.34. The third kappa shape index (κ3) is 7.93. The van der Waals surface area contributed by atoms with Crippen molar-refractivity contribution in [1.82, 2.24) is 19.1 Å². The van der Waals surface area contributed by atoms with Crippen LogP contribution in [0.25, 0.3) is 22.1 Å². The van der Waals surface area contributed by atoms with Crippen LogP contribution < -0.4 is 11.1 Å². The fourth-order valence-corrected chi connectivity index (χ4v) is 5.97. The summed E-state index contributed by atoms with van der Waals surface area (Å²) in [5.74, 6) is -5.99. The number of benzene rings is 2. The number of halogens is 4. The molecular weight excluding hydrogens is 592 g/mol. The fraction of sp³-hybridized carbons (Fsp3) is 0.531. The third-order valence-corrected chi connectivity index (χ3v) is 8.19. The second-order valence-electron chi connectivity index (χ2n) is 12.1. The van der Waals surface area contributed by atoms with E-state index in [9.17, 15) is 22.4 Å². The topological polar surface area (TPSA) is 109 Å². The molecule has 0 bridgehead atoms. The van der Waals surface area contributed by atoms with Crippen LogP contribution in [-0.2, 0) is 39.2 Å². The van der Waals surface area contributed by atoms with Gasteiger partial charge in [0.1, 0.15) is 0 Å². The first-order chi connectivity index (χ1) is 21.3. The second-order valence-corrected chi connectivity index (χ2v) is 12.1. The van der Waals surface area contributed by atoms with Crippen molar-refractivity contribution in [3.63, 3.8) is 0 Å². The summed E-state index contributed by atoms with van der Waals surface area (Å²) in [7, 11) is 0. The molecule has 0 unspecified atom stereocenters. The van der Waals surface area contributed by atoms with Gasteiger partial charge >= 0.3 is 11.8 Å². The number of nitrogens with two attached hydrogens (primary N) is 1. The van der Waals surface area contributed by atoms with Crippen LogP contribution in [0.5, 0.6) is 0 Å². The van der Waals surface area contributed by atoms with Crippen molar-refractivity contribution < 1.29 is 31.8 Å². The molecule has 3 N–H and O–H groups in total. The van der Waals surface area contributed by atoms with Crippen molar-refractivity contribution >= 4 is 39.3 Å². The number of hydrogen-bond donors (Lipinski definition) is 2. The van der Waals surface area contributed by atoms with E-state index in [0.29, 0.717) is 84.8 Å². The first-order valence-corrected chi connectivity index (χ1v) is 15.3. The maximum Gasteiger partial charge on any atom is 0.302 e. The Balaban J connectivity index is 0.000000179. The molecule has 2 fully saturated rings. The Kier molecular flexibility index (Phi) is 9.68. The zero-order chi connectivity index (χ0) is 32.4. The largest absolute Gasteiger partial charge is 0.399 e. The minimum Gasteiger partial charge on any atom is -0.399 e. The monoisotopic (exact) mass is 632 g/mol. The average molecular weight is 633 g/mol. The van der Waals surface area contributed by atoms with Crippen molar-refractivity contribution in [3.8, 4) is 0 Å². The quantitative estimate of drug-likeness (QED) is 0.174. The summed E-state index contributed by atoms with van der Waals surface area (Å²) in [5, 5.41) is 2.65. The molecule has 45 heavy (non-hydrogen) atoms. The summed E-state index contributed by atoms with van der Waals surface area (Å²) >= 11 is 0. The SMILES string of the molecule is CC(=O)Nc1ccc2c(c1)nc(C(C)(F)F)n2CC1CCOCC1.CC(F)(F)c1nc2cc(N)ccc2n1CC1CCOCC1. The van der Waals surface area contributed by atoms with Crippen LogP contribution in [-0.4, -0.2) is 51.4 Å². The second kappa shape index (κ2) is 13.3. The Labute approximate surface area is 259 Å². The van der Waals surface area contributed by atoms with E-state index in [4.69, 9.17) is 15.2 Å². The first kappa shape index (κ1) is 32.7. The number of fused-ring (bicyclic) bond motifs is 2. The molecule has 9 nitrogen and oxygen atoms in total. The Bertz CT molecular complexity index is 1630. The van der Waals surface area contributed by atoms with Gasteiger partial charge in [0.2, 0.25) is 5.91 Å². The zero-order valence-corrected chi connectivity index (χ0v) is 25.8. The average Bonchev–Trinajstić information content (AvgIpc) is 3.52. The van der Waals surface area contributed by atoms with Crippen LogP contribution in [0.2, 0.25) is 0 Å². The molecule has 0 radical (unpaired) electrons. The number of nitrogen functional groups attached to an aromatic ring is 1. The number of ether oxygens (including phenoxy) is 2. The van der Waals surface area contributed by atoms with E-state index < -0.39 is 11.8 Å². The van der Waals surface area contributed by atoms with Crippen LogP contribution in [0.4, 0.5) is 28.9 Å². The molecule has 0 atom stereocenters. The lowest BCUT2D eigenvalue weighted by Crippen LogP contribution is -2.24. The van der Waals surface area contributed by atoms with Gasteiger partial charge in [-0.1, -0.05) is 0 Å². The van der Waals surface area contributed by atoms with Gasteiger partial charge < -0.3 is 29.7 Å². The lowest BCUT2D eigenvalue weighted by molar-refractivity contribution is -0.114. The van der Waals surface area contributed by atoms with E-state index in [0.717, 1.165) is 39.5 Å². The molecule has 4 heterocycles. The number of amides is 1. The van der Waals surface area contributed by atoms with Crippen molar-refractivity contribution in [2.75, 3.05) is 37.5 Å². The summed E-state index contributed by atoms with van der Waals surface area (Å²) in [6, 6.07) is 10.2. The van der Waals surface area contributed by atoms with Gasteiger partial charge in [-0.05, 0) is 73.9 Å². The maximum absolute atomic E-state index is 14.0. The van der Waals surface area contributed by atoms with Gasteiger partial charge in [0.05, 0.1) is 22.1 Å². The van der Waals surface area contributed by atoms with Gasteiger partial charge in [0.15, 0.2) is 11.6 Å². The van der Waals surface area contributed by atoms with Crippen molar-refractivity contribution in [2.24, 2.45) is 11.8 Å². The summed E-state index contributed by atoms with van der Waals surface area (Å²) in [6.07, 6.45) is 3.50. The molecule has 2 aliphatic rings. The molecule has 2 aromatic heterocycles. The van der Waals surface area contributed by atoms with Crippen LogP contribution in [0.15, 0.2) is 36.4 Å². The lowest BCUT2D eigenvalue weighted by Gasteiger charge is -2.24. The molecular formula is C32H40F4N6O3. The van der Waals surface area contributed by atoms with Crippen molar-refractivity contribution in [3.05, 3.63) is 48.0 Å². The van der Waals surface area contributed by atoms with Crippen molar-refractivity contribution in [2.45, 2.75) is 71.4 Å². The standard InChI is InChI=1S/C17H21F2N3O2.C15H19F2N3O/c1-11(23)20-13-3-4-15-14(9-13)21-16(17(2,18)19)22(15)10-12-5-7-24-8-6-12;1-15(16,17)14-19-12-8-11(18)2-3-13(12)20(14)9-10-4-6-21-7-5-10/h3-4,9,12H,5-8,10H2,1-2H3,(H,20,23);2-3,8,10H,4-7,9,18H2,1H3. The summed E-state index contributed by atoms with van der Waals surface area (Å²) in [4.78, 5) is 19.4. The molecule has 4 aromatic rings. The predicted octanol–water partition coefficient (Wildman–Crippen LogP) is 6.69. The molecule has 244 valence electrons. The Morgan fingerprint density at radius 2 is 1.27 bits per heavy atom. The molecule has 2 aromatic carbocycles. The Morgan fingerprint density at radius 1 is 0.822 bits per heavy atom. The number of nitrogens with zero attached hydrogens (tertiary/aromatic N) is 4. The Hall–Kier alpha value is -3.71. The van der Waals surface area contributed by atoms with Crippen molar-refractivity contribution in [1.29, 1.82) is 0 Å². The molecule has 0 aliphatic carbocycles. The molecule has 0 saturated carbocycles. The first-order valence-electron chi connectivity index (χ1n) is 15.3. The normalized spacial score (nSPS) is 17.0. The minimum atomic E-state index is -3.03. The number of carbonyl (C=O) groups excluding carboxylic acids is 1. The van der Waals surface area contributed by atoms with Gasteiger partial charge in [-0.25, -0.2) is 9.97 Å². The van der Waals surface area contributed by atoms with Gasteiger partial charge in [-0.15, -0.1) is 0 Å². The number of rotatable bonds is 7. The lowest BCUT2D eigenvalue weighted by atomic mass is 10.00. The van der Waals surface area contributed by atoms with E-state index in [2.05, 4.69) is 15.3 Å². The van der Waals surface area contributed by atoms with Crippen LogP contribution in [0, 0.1) is 11.8 Å². The number of aromatic nitrogens is 4. The highest BCUT2D eigenvalue weighted by molar-refractivity contribution is 5.91. The number of imidazole rings is 2. The summed E-state index contributed by atoms with van der Waals surface area (Å²) in [6.45, 7) is 6.93. The summed E-state index contributed by atoms with van der Waals surface area (Å²) in [5.41, 5.74) is 9.17. The number of nitrogens with one attached hydrogen (secondary N) is 1. The van der Waals surface area contributed by atoms with Gasteiger partial charge in [0.25, 0.3) is 0 Å². The molecule has 0 spiro atoms. The molecule has 1 amide bonds. The number of anilines is 2. The fourth-order valence-electron chi connectivity index (χ4n) is 5.97. The highest BCUT2D eigenvalue weighted by Gasteiger charge is 2.34. The molecule has 13 heteroatoms. The summed E-state index contributed by atoms with van der Waals surface area (Å²) < 4.78 is 69.7. The maximum atomic E-state index is 14.0. The van der Waals surface area contributed by atoms with E-state index in [1.54, 1.807) is 45.5 Å². The third-order valence-electron chi connectivity index (χ3n) is 8.19. The van der Waals surface area contributed by atoms with Crippen LogP contribution in [0.1, 0.15) is 58.1 Å².